The highest BCUT2D eigenvalue weighted by atomic mass is 32.2. The summed E-state index contributed by atoms with van der Waals surface area (Å²) in [6.45, 7) is 1.94. The third-order valence-electron chi connectivity index (χ3n) is 6.62. The molecule has 0 spiro atoms. The molecule has 0 saturated heterocycles. The number of carbonyl (C=O) groups is 3. The molecule has 1 aromatic heterocycles. The Labute approximate surface area is 288 Å². The van der Waals surface area contributed by atoms with E-state index in [0.29, 0.717) is 41.1 Å². The smallest absolute Gasteiger partial charge is 0.296 e. The van der Waals surface area contributed by atoms with Gasteiger partial charge in [-0.15, -0.1) is 0 Å². The van der Waals surface area contributed by atoms with Gasteiger partial charge in [0.05, 0.1) is 31.6 Å². The molecule has 0 aliphatic carbocycles. The summed E-state index contributed by atoms with van der Waals surface area (Å²) >= 11 is 0. The van der Waals surface area contributed by atoms with E-state index in [-0.39, 0.29) is 5.01 Å². The fraction of sp³-hybridized carbons (Fsp3) is 0.0741. The first-order valence-electron chi connectivity index (χ1n) is 13.3. The van der Waals surface area contributed by atoms with Crippen molar-refractivity contribution in [2.45, 2.75) is 33.4 Å². The molecule has 0 fully saturated rings. The Bertz CT molecular complexity index is 2620. The van der Waals surface area contributed by atoms with E-state index in [1.54, 1.807) is 0 Å². The normalized spacial score (nSPS) is 15.3. The Morgan fingerprint density at radius 2 is 1.35 bits per heavy atom. The van der Waals surface area contributed by atoms with E-state index in [9.17, 15) is 71.4 Å². The summed E-state index contributed by atoms with van der Waals surface area (Å²) in [5.74, 6) is -4.11. The molecule has 24 heteroatoms. The number of aromatic nitrogens is 2. The molecule has 1 aliphatic rings. The van der Waals surface area contributed by atoms with E-state index in [4.69, 9.17) is 0 Å². The average molecular weight is 784 g/mol. The third-order valence-corrected chi connectivity index (χ3v) is 10.1. The SMILES string of the molecule is CC(=O)C1=NN(c2cc(S(=O)(=O)[O-])ccc2S(=O)(=O)[O-])C(=O)C1=C/C=C/C=C/c1c(C(C)=O)nn(-c2cc(S(=O)(=O)O)ccc2S(=O)(=O)O)c1[O-]. The maximum absolute atomic E-state index is 13.3. The minimum Gasteiger partial charge on any atom is -0.858 e. The van der Waals surface area contributed by atoms with Crippen LogP contribution in [0.1, 0.15) is 29.9 Å². The van der Waals surface area contributed by atoms with Crippen molar-refractivity contribution >= 4 is 75.4 Å². The van der Waals surface area contributed by atoms with Gasteiger partial charge in [-0.25, -0.2) is 21.5 Å². The molecule has 1 aliphatic heterocycles. The lowest BCUT2D eigenvalue weighted by molar-refractivity contribution is -0.278. The molecule has 51 heavy (non-hydrogen) atoms. The van der Waals surface area contributed by atoms with Gasteiger partial charge in [0, 0.05) is 19.4 Å². The van der Waals surface area contributed by atoms with Crippen LogP contribution in [-0.2, 0) is 50.1 Å². The van der Waals surface area contributed by atoms with Gasteiger partial charge in [0.25, 0.3) is 26.1 Å². The number of hydrogen-bond acceptors (Lipinski definition) is 16. The van der Waals surface area contributed by atoms with E-state index in [0.717, 1.165) is 44.2 Å². The highest BCUT2D eigenvalue weighted by molar-refractivity contribution is 7.86. The molecule has 0 unspecified atom stereocenters. The number of ketones is 2. The first-order valence-corrected chi connectivity index (χ1v) is 19.0. The molecule has 0 bridgehead atoms. The zero-order valence-corrected chi connectivity index (χ0v) is 28.6. The van der Waals surface area contributed by atoms with Crippen molar-refractivity contribution in [2.75, 3.05) is 5.01 Å². The second-order valence-electron chi connectivity index (χ2n) is 10.1. The van der Waals surface area contributed by atoms with Gasteiger partial charge < -0.3 is 14.2 Å². The maximum atomic E-state index is 13.3. The van der Waals surface area contributed by atoms with Gasteiger partial charge in [0.2, 0.25) is 0 Å². The minimum atomic E-state index is -5.38. The minimum absolute atomic E-state index is 0.237. The Morgan fingerprint density at radius 3 is 1.88 bits per heavy atom. The highest BCUT2D eigenvalue weighted by Gasteiger charge is 2.35. The molecule has 2 heterocycles. The molecular weight excluding hydrogens is 765 g/mol. The number of carbonyl (C=O) groups excluding carboxylic acids is 3. The van der Waals surface area contributed by atoms with E-state index in [1.165, 1.54) is 0 Å². The van der Waals surface area contributed by atoms with Crippen molar-refractivity contribution in [2.24, 2.45) is 5.10 Å². The van der Waals surface area contributed by atoms with Crippen LogP contribution in [0.2, 0.25) is 0 Å². The van der Waals surface area contributed by atoms with Crippen LogP contribution in [0.25, 0.3) is 11.8 Å². The molecule has 4 rings (SSSR count). The number of rotatable bonds is 11. The summed E-state index contributed by atoms with van der Waals surface area (Å²) < 4.78 is 137. The number of amides is 1. The second-order valence-corrected chi connectivity index (χ2v) is 15.6. The zero-order chi connectivity index (χ0) is 38.4. The lowest BCUT2D eigenvalue weighted by Gasteiger charge is -2.20. The quantitative estimate of drug-likeness (QED) is 0.111. The van der Waals surface area contributed by atoms with Crippen molar-refractivity contribution in [3.63, 3.8) is 0 Å². The van der Waals surface area contributed by atoms with E-state index in [1.807, 2.05) is 0 Å². The number of hydrogen-bond donors (Lipinski definition) is 2. The zero-order valence-electron chi connectivity index (χ0n) is 25.4. The molecule has 20 nitrogen and oxygen atoms in total. The van der Waals surface area contributed by atoms with Crippen LogP contribution in [0.3, 0.4) is 0 Å². The Balaban J connectivity index is 1.76. The average Bonchev–Trinajstić information content (AvgIpc) is 3.51. The Morgan fingerprint density at radius 1 is 0.765 bits per heavy atom. The summed E-state index contributed by atoms with van der Waals surface area (Å²) in [6.07, 6.45) is 5.27. The molecular formula is C27H19N4O16S4-3. The number of allylic oxidation sites excluding steroid dienone is 4. The first kappa shape index (κ1) is 38.6. The van der Waals surface area contributed by atoms with Gasteiger partial charge in [-0.3, -0.25) is 23.5 Å². The molecule has 2 N–H and O–H groups in total. The number of Topliss-reactive ketones (excluding diaryl/α,β-unsaturated/α-hetero) is 2. The molecule has 0 radical (unpaired) electrons. The fourth-order valence-electron chi connectivity index (χ4n) is 4.42. The Hall–Kier alpha value is -5.21. The van der Waals surface area contributed by atoms with Crippen molar-refractivity contribution in [1.82, 2.24) is 9.78 Å². The predicted molar refractivity (Wildman–Crippen MR) is 167 cm³/mol. The molecule has 0 saturated carbocycles. The lowest BCUT2D eigenvalue weighted by Crippen LogP contribution is -2.24. The largest absolute Gasteiger partial charge is 0.858 e. The monoisotopic (exact) mass is 783 g/mol. The summed E-state index contributed by atoms with van der Waals surface area (Å²) in [6, 6.07) is 3.12. The number of nitrogens with zero attached hydrogens (tertiary/aromatic N) is 4. The van der Waals surface area contributed by atoms with Gasteiger partial charge in [-0.05, 0) is 48.4 Å². The van der Waals surface area contributed by atoms with Crippen molar-refractivity contribution in [3.8, 4) is 11.6 Å². The fourth-order valence-corrected chi connectivity index (χ4v) is 6.69. The Kier molecular flexibility index (Phi) is 10.2. The van der Waals surface area contributed by atoms with Crippen LogP contribution in [0.5, 0.6) is 5.88 Å². The van der Waals surface area contributed by atoms with Crippen LogP contribution >= 0.6 is 0 Å². The van der Waals surface area contributed by atoms with Gasteiger partial charge >= 0.3 is 0 Å². The molecule has 2 aromatic carbocycles. The van der Waals surface area contributed by atoms with Crippen molar-refractivity contribution in [3.05, 3.63) is 77.5 Å². The topological polar surface area (TPSA) is 331 Å². The third kappa shape index (κ3) is 8.07. The van der Waals surface area contributed by atoms with E-state index >= 15 is 0 Å². The molecule has 3 aromatic rings. The predicted octanol–water partition coefficient (Wildman–Crippen LogP) is -0.0623. The number of benzene rings is 2. The van der Waals surface area contributed by atoms with Crippen molar-refractivity contribution in [1.29, 1.82) is 0 Å². The van der Waals surface area contributed by atoms with Crippen LogP contribution in [-0.4, -0.2) is 84.8 Å². The highest BCUT2D eigenvalue weighted by Crippen LogP contribution is 2.33. The second kappa shape index (κ2) is 13.5. The van der Waals surface area contributed by atoms with Gasteiger partial charge in [-0.1, -0.05) is 24.3 Å². The van der Waals surface area contributed by atoms with Gasteiger partial charge in [0.15, 0.2) is 11.6 Å². The lowest BCUT2D eigenvalue weighted by atomic mass is 10.1. The molecule has 270 valence electrons. The van der Waals surface area contributed by atoms with Crippen molar-refractivity contribution < 1.29 is 71.4 Å². The number of anilines is 1. The molecule has 0 atom stereocenters. The molecule has 1 amide bonds. The summed E-state index contributed by atoms with van der Waals surface area (Å²) in [5.41, 5.74) is -3.90. The van der Waals surface area contributed by atoms with Crippen LogP contribution in [0, 0.1) is 0 Å². The van der Waals surface area contributed by atoms with E-state index in [2.05, 4.69) is 10.2 Å². The first-order chi connectivity index (χ1) is 23.3. The summed E-state index contributed by atoms with van der Waals surface area (Å²) in [7, 11) is -20.7. The standard InChI is InChI=1S/C27H22N4O16S4/c1-14(32)24-18(26(34)30(28-24)20-12-16(48(36,37)38)8-10-22(20)50(42,43)44)6-4-3-5-7-19-25(15(2)33)29-31(27(19)35)21-13-17(49(39,40)41)9-11-23(21)51(45,46)47/h3-13,34H,1-2H3,(H,36,37,38)(H,39,40,41)(H,42,43,44)(H,45,46,47)/p-3/b5-3+,6-4+,19-7?. The van der Waals surface area contributed by atoms with E-state index < -0.39 is 117 Å². The summed E-state index contributed by atoms with van der Waals surface area (Å²) in [4.78, 5) is 33.8. The van der Waals surface area contributed by atoms with Gasteiger partial charge in [0.1, 0.15) is 36.5 Å². The van der Waals surface area contributed by atoms with Crippen LogP contribution in [0.4, 0.5) is 5.69 Å². The number of hydrazone groups is 1. The maximum Gasteiger partial charge on any atom is 0.296 e. The van der Waals surface area contributed by atoms with Gasteiger partial charge in [-0.2, -0.15) is 32.0 Å². The van der Waals surface area contributed by atoms with Crippen LogP contribution < -0.4 is 10.1 Å². The summed E-state index contributed by atoms with van der Waals surface area (Å²) in [5, 5.41) is 21.0. The van der Waals surface area contributed by atoms with Crippen LogP contribution in [0.15, 0.2) is 91.0 Å².